The van der Waals surface area contributed by atoms with Gasteiger partial charge in [0.15, 0.2) is 0 Å². The third kappa shape index (κ3) is 4.06. The van der Waals surface area contributed by atoms with Gasteiger partial charge in [-0.3, -0.25) is 4.79 Å². The molecular weight excluding hydrogens is 248 g/mol. The van der Waals surface area contributed by atoms with Crippen LogP contribution >= 0.6 is 0 Å². The molecule has 7 heteroatoms. The topological polar surface area (TPSA) is 96.4 Å². The number of carboxylic acids is 1. The number of nitrogens with zero attached hydrogens (tertiary/aromatic N) is 2. The molecule has 7 nitrogen and oxygen atoms in total. The number of aliphatic carboxylic acids is 1. The molecule has 1 saturated heterocycles. The SMILES string of the molecule is C[C@H](Nc1nccc(NC2CCCOC2)n1)C(=O)O. The molecule has 0 radical (unpaired) electrons. The van der Waals surface area contributed by atoms with Gasteiger partial charge in [-0.25, -0.2) is 4.98 Å². The maximum atomic E-state index is 10.8. The first-order valence-electron chi connectivity index (χ1n) is 6.32. The standard InChI is InChI=1S/C12H18N4O3/c1-8(11(17)18)14-12-13-5-4-10(16-12)15-9-3-2-6-19-7-9/h4-5,8-9H,2-3,6-7H2,1H3,(H,17,18)(H2,13,14,15,16)/t8-,9?/m0/s1. The van der Waals surface area contributed by atoms with E-state index in [0.717, 1.165) is 19.4 Å². The normalized spacial score (nSPS) is 20.6. The average Bonchev–Trinajstić information content (AvgIpc) is 2.40. The second kappa shape index (κ2) is 6.33. The number of nitrogens with one attached hydrogen (secondary N) is 2. The minimum atomic E-state index is -0.942. The summed E-state index contributed by atoms with van der Waals surface area (Å²) in [5.74, 6) is 0.0323. The van der Waals surface area contributed by atoms with Crippen LogP contribution in [0, 0.1) is 0 Å². The first-order valence-corrected chi connectivity index (χ1v) is 6.32. The largest absolute Gasteiger partial charge is 0.480 e. The van der Waals surface area contributed by atoms with Crippen LogP contribution in [0.1, 0.15) is 19.8 Å². The molecule has 1 aliphatic heterocycles. The van der Waals surface area contributed by atoms with Crippen LogP contribution in [0.4, 0.5) is 11.8 Å². The Hall–Kier alpha value is -1.89. The molecule has 0 saturated carbocycles. The van der Waals surface area contributed by atoms with E-state index in [0.29, 0.717) is 18.4 Å². The number of carbonyl (C=O) groups is 1. The molecule has 1 aromatic heterocycles. The number of carboxylic acid groups (broad SMARTS) is 1. The molecule has 1 unspecified atom stereocenters. The molecule has 0 aliphatic carbocycles. The monoisotopic (exact) mass is 266 g/mol. The second-order valence-corrected chi connectivity index (χ2v) is 4.53. The number of aromatic nitrogens is 2. The van der Waals surface area contributed by atoms with Gasteiger partial charge in [0.05, 0.1) is 12.6 Å². The van der Waals surface area contributed by atoms with Crippen molar-refractivity contribution < 1.29 is 14.6 Å². The summed E-state index contributed by atoms with van der Waals surface area (Å²) in [6, 6.07) is 1.27. The van der Waals surface area contributed by atoms with Gasteiger partial charge in [0.1, 0.15) is 11.9 Å². The van der Waals surface area contributed by atoms with E-state index < -0.39 is 12.0 Å². The van der Waals surface area contributed by atoms with Crippen LogP contribution in [0.15, 0.2) is 12.3 Å². The Morgan fingerprint density at radius 3 is 3.16 bits per heavy atom. The van der Waals surface area contributed by atoms with Gasteiger partial charge >= 0.3 is 5.97 Å². The van der Waals surface area contributed by atoms with Crippen molar-refractivity contribution in [3.05, 3.63) is 12.3 Å². The lowest BCUT2D eigenvalue weighted by Crippen LogP contribution is -2.30. The van der Waals surface area contributed by atoms with Crippen molar-refractivity contribution in [1.82, 2.24) is 9.97 Å². The first-order chi connectivity index (χ1) is 9.15. The summed E-state index contributed by atoms with van der Waals surface area (Å²) in [7, 11) is 0. The molecular formula is C12H18N4O3. The third-order valence-corrected chi connectivity index (χ3v) is 2.88. The van der Waals surface area contributed by atoms with E-state index in [-0.39, 0.29) is 6.04 Å². The van der Waals surface area contributed by atoms with Gasteiger partial charge in [-0.2, -0.15) is 4.98 Å². The fourth-order valence-electron chi connectivity index (χ4n) is 1.83. The molecule has 2 atom stereocenters. The highest BCUT2D eigenvalue weighted by Crippen LogP contribution is 2.13. The second-order valence-electron chi connectivity index (χ2n) is 4.53. The molecule has 1 aromatic rings. The van der Waals surface area contributed by atoms with Crippen LogP contribution in [-0.4, -0.2) is 46.3 Å². The highest BCUT2D eigenvalue weighted by atomic mass is 16.5. The predicted molar refractivity (Wildman–Crippen MR) is 70.2 cm³/mol. The average molecular weight is 266 g/mol. The summed E-state index contributed by atoms with van der Waals surface area (Å²) in [6.07, 6.45) is 3.66. The van der Waals surface area contributed by atoms with Gasteiger partial charge in [0, 0.05) is 12.8 Å². The molecule has 2 heterocycles. The summed E-state index contributed by atoms with van der Waals surface area (Å²) in [5.41, 5.74) is 0. The molecule has 0 aromatic carbocycles. The van der Waals surface area contributed by atoms with Gasteiger partial charge < -0.3 is 20.5 Å². The van der Waals surface area contributed by atoms with Crippen LogP contribution in [0.5, 0.6) is 0 Å². The fraction of sp³-hybridized carbons (Fsp3) is 0.583. The Balaban J connectivity index is 1.96. The smallest absolute Gasteiger partial charge is 0.325 e. The minimum absolute atomic E-state index is 0.244. The zero-order chi connectivity index (χ0) is 13.7. The third-order valence-electron chi connectivity index (χ3n) is 2.88. The van der Waals surface area contributed by atoms with E-state index in [4.69, 9.17) is 9.84 Å². The van der Waals surface area contributed by atoms with Crippen molar-refractivity contribution in [3.63, 3.8) is 0 Å². The van der Waals surface area contributed by atoms with Crippen molar-refractivity contribution in [3.8, 4) is 0 Å². The lowest BCUT2D eigenvalue weighted by atomic mass is 10.1. The number of anilines is 2. The van der Waals surface area contributed by atoms with Crippen LogP contribution < -0.4 is 10.6 Å². The van der Waals surface area contributed by atoms with Crippen molar-refractivity contribution in [2.75, 3.05) is 23.8 Å². The van der Waals surface area contributed by atoms with Crippen molar-refractivity contribution in [2.24, 2.45) is 0 Å². The van der Waals surface area contributed by atoms with Crippen molar-refractivity contribution in [2.45, 2.75) is 31.8 Å². The fourth-order valence-corrected chi connectivity index (χ4v) is 1.83. The summed E-state index contributed by atoms with van der Waals surface area (Å²) in [6.45, 7) is 3.02. The first kappa shape index (κ1) is 13.5. The van der Waals surface area contributed by atoms with Gasteiger partial charge in [0.2, 0.25) is 5.95 Å². The van der Waals surface area contributed by atoms with Gasteiger partial charge in [-0.1, -0.05) is 0 Å². The molecule has 3 N–H and O–H groups in total. The number of rotatable bonds is 5. The molecule has 0 spiro atoms. The Bertz CT molecular complexity index is 435. The van der Waals surface area contributed by atoms with E-state index in [2.05, 4.69) is 20.6 Å². The van der Waals surface area contributed by atoms with Crippen molar-refractivity contribution in [1.29, 1.82) is 0 Å². The highest BCUT2D eigenvalue weighted by Gasteiger charge is 2.15. The maximum absolute atomic E-state index is 10.8. The quantitative estimate of drug-likeness (QED) is 0.730. The summed E-state index contributed by atoms with van der Waals surface area (Å²) in [5, 5.41) is 14.8. The molecule has 104 valence electrons. The van der Waals surface area contributed by atoms with Crippen LogP contribution in [0.2, 0.25) is 0 Å². The Morgan fingerprint density at radius 2 is 2.47 bits per heavy atom. The van der Waals surface area contributed by atoms with Gasteiger partial charge in [-0.05, 0) is 25.8 Å². The highest BCUT2D eigenvalue weighted by molar-refractivity contribution is 5.75. The van der Waals surface area contributed by atoms with Crippen LogP contribution in [0.3, 0.4) is 0 Å². The number of ether oxygens (including phenoxy) is 1. The Kier molecular flexibility index (Phi) is 4.51. The number of hydrogen-bond donors (Lipinski definition) is 3. The summed E-state index contributed by atoms with van der Waals surface area (Å²) < 4.78 is 5.38. The Morgan fingerprint density at radius 1 is 1.63 bits per heavy atom. The molecule has 0 bridgehead atoms. The zero-order valence-corrected chi connectivity index (χ0v) is 10.8. The van der Waals surface area contributed by atoms with E-state index in [1.165, 1.54) is 0 Å². The lowest BCUT2D eigenvalue weighted by molar-refractivity contribution is -0.137. The minimum Gasteiger partial charge on any atom is -0.480 e. The predicted octanol–water partition coefficient (Wildman–Crippen LogP) is 0.952. The van der Waals surface area contributed by atoms with Gasteiger partial charge in [0.25, 0.3) is 0 Å². The van der Waals surface area contributed by atoms with Gasteiger partial charge in [-0.15, -0.1) is 0 Å². The lowest BCUT2D eigenvalue weighted by Gasteiger charge is -2.23. The maximum Gasteiger partial charge on any atom is 0.325 e. The summed E-state index contributed by atoms with van der Waals surface area (Å²) >= 11 is 0. The van der Waals surface area contributed by atoms with E-state index in [1.54, 1.807) is 19.2 Å². The molecule has 2 rings (SSSR count). The molecule has 1 fully saturated rings. The van der Waals surface area contributed by atoms with Crippen LogP contribution in [-0.2, 0) is 9.53 Å². The zero-order valence-electron chi connectivity index (χ0n) is 10.8. The number of hydrogen-bond acceptors (Lipinski definition) is 6. The van der Waals surface area contributed by atoms with E-state index in [1.807, 2.05) is 0 Å². The Labute approximate surface area is 111 Å². The van der Waals surface area contributed by atoms with E-state index >= 15 is 0 Å². The van der Waals surface area contributed by atoms with Crippen molar-refractivity contribution >= 4 is 17.7 Å². The van der Waals surface area contributed by atoms with E-state index in [9.17, 15) is 4.79 Å². The van der Waals surface area contributed by atoms with Crippen LogP contribution in [0.25, 0.3) is 0 Å². The molecule has 19 heavy (non-hydrogen) atoms. The molecule has 1 aliphatic rings. The summed E-state index contributed by atoms with van der Waals surface area (Å²) in [4.78, 5) is 19.0. The molecule has 0 amide bonds.